The molecule has 3 aliphatic heterocycles. The molecule has 0 saturated carbocycles. The molecule has 0 amide bonds. The van der Waals surface area contributed by atoms with Gasteiger partial charge in [0, 0.05) is 24.6 Å². The van der Waals surface area contributed by atoms with Gasteiger partial charge in [0.05, 0.1) is 12.6 Å². The molecular formula is C18H25NO6. The van der Waals surface area contributed by atoms with Crippen LogP contribution in [0, 0.1) is 5.92 Å². The van der Waals surface area contributed by atoms with E-state index in [2.05, 4.69) is 4.90 Å². The lowest BCUT2D eigenvalue weighted by molar-refractivity contribution is -0.176. The summed E-state index contributed by atoms with van der Waals surface area (Å²) in [6, 6.07) is -0.0890. The molecule has 2 fully saturated rings. The molecule has 2 saturated heterocycles. The Bertz CT molecular complexity index is 627. The van der Waals surface area contributed by atoms with E-state index in [0.717, 1.165) is 25.1 Å². The van der Waals surface area contributed by atoms with Crippen molar-refractivity contribution in [1.29, 1.82) is 0 Å². The number of carbonyl (C=O) groups is 2. The van der Waals surface area contributed by atoms with Gasteiger partial charge in [-0.15, -0.1) is 0 Å². The third-order valence-electron chi connectivity index (χ3n) is 5.59. The summed E-state index contributed by atoms with van der Waals surface area (Å²) in [4.78, 5) is 27.2. The largest absolute Gasteiger partial charge is 0.459 e. The predicted octanol–water partition coefficient (Wildman–Crippen LogP) is 0.165. The Morgan fingerprint density at radius 1 is 1.44 bits per heavy atom. The van der Waals surface area contributed by atoms with E-state index < -0.39 is 30.1 Å². The number of ether oxygens (including phenoxy) is 2. The van der Waals surface area contributed by atoms with Crippen molar-refractivity contribution in [1.82, 2.24) is 4.90 Å². The van der Waals surface area contributed by atoms with Crippen molar-refractivity contribution in [2.45, 2.75) is 44.4 Å². The van der Waals surface area contributed by atoms with Crippen molar-refractivity contribution < 1.29 is 29.3 Å². The van der Waals surface area contributed by atoms with Crippen molar-refractivity contribution in [3.8, 4) is 0 Å². The Hall–Kier alpha value is -1.70. The normalized spacial score (nSPS) is 38.5. The van der Waals surface area contributed by atoms with Gasteiger partial charge in [0.1, 0.15) is 12.7 Å². The summed E-state index contributed by atoms with van der Waals surface area (Å²) in [5, 5.41) is 20.2. The molecule has 7 nitrogen and oxygen atoms in total. The summed E-state index contributed by atoms with van der Waals surface area (Å²) in [6.45, 7) is 4.12. The lowest BCUT2D eigenvalue weighted by Gasteiger charge is -2.32. The van der Waals surface area contributed by atoms with Crippen LogP contribution >= 0.6 is 0 Å². The highest BCUT2D eigenvalue weighted by Gasteiger charge is 2.46. The van der Waals surface area contributed by atoms with E-state index in [1.54, 1.807) is 19.9 Å². The second kappa shape index (κ2) is 6.90. The molecule has 138 valence electrons. The molecule has 0 aromatic heterocycles. The maximum absolute atomic E-state index is 12.6. The van der Waals surface area contributed by atoms with E-state index in [4.69, 9.17) is 9.47 Å². The fourth-order valence-electron chi connectivity index (χ4n) is 3.85. The molecule has 7 heteroatoms. The van der Waals surface area contributed by atoms with Crippen LogP contribution in [0.5, 0.6) is 0 Å². The van der Waals surface area contributed by atoms with Gasteiger partial charge in [-0.2, -0.15) is 0 Å². The highest BCUT2D eigenvalue weighted by Crippen LogP contribution is 2.34. The quantitative estimate of drug-likeness (QED) is 0.395. The number of esters is 2. The molecule has 0 bridgehead atoms. The maximum Gasteiger partial charge on any atom is 0.341 e. The predicted molar refractivity (Wildman–Crippen MR) is 88.5 cm³/mol. The molecule has 2 N–H and O–H groups in total. The third-order valence-corrected chi connectivity index (χ3v) is 5.59. The number of rotatable bonds is 1. The number of hydrogen-bond donors (Lipinski definition) is 2. The Morgan fingerprint density at radius 3 is 2.88 bits per heavy atom. The summed E-state index contributed by atoms with van der Waals surface area (Å²) >= 11 is 0. The number of allylic oxidation sites excluding steroid dienone is 1. The fraction of sp³-hybridized carbons (Fsp3) is 0.667. The zero-order chi connectivity index (χ0) is 18.2. The van der Waals surface area contributed by atoms with Gasteiger partial charge in [0.25, 0.3) is 0 Å². The Labute approximate surface area is 146 Å². The first-order valence-corrected chi connectivity index (χ1v) is 8.70. The molecule has 0 unspecified atom stereocenters. The second-order valence-corrected chi connectivity index (χ2v) is 7.03. The van der Waals surface area contributed by atoms with E-state index in [0.29, 0.717) is 5.57 Å². The fourth-order valence-corrected chi connectivity index (χ4v) is 3.85. The van der Waals surface area contributed by atoms with E-state index >= 15 is 0 Å². The van der Waals surface area contributed by atoms with Gasteiger partial charge < -0.3 is 19.7 Å². The highest BCUT2D eigenvalue weighted by atomic mass is 16.6. The van der Waals surface area contributed by atoms with Crippen LogP contribution in [0.4, 0.5) is 0 Å². The van der Waals surface area contributed by atoms with Crippen LogP contribution in [0.3, 0.4) is 0 Å². The number of aliphatic hydroxyl groups is 2. The average molecular weight is 351 g/mol. The minimum Gasteiger partial charge on any atom is -0.459 e. The maximum atomic E-state index is 12.6. The monoisotopic (exact) mass is 351 g/mol. The summed E-state index contributed by atoms with van der Waals surface area (Å²) in [6.07, 6.45) is 4.20. The van der Waals surface area contributed by atoms with E-state index in [-0.39, 0.29) is 25.2 Å². The van der Waals surface area contributed by atoms with E-state index in [1.165, 1.54) is 0 Å². The van der Waals surface area contributed by atoms with Crippen molar-refractivity contribution in [3.05, 3.63) is 23.3 Å². The topological polar surface area (TPSA) is 96.3 Å². The first-order valence-electron chi connectivity index (χ1n) is 8.70. The van der Waals surface area contributed by atoms with Crippen LogP contribution in [-0.4, -0.2) is 71.1 Å². The molecule has 25 heavy (non-hydrogen) atoms. The smallest absolute Gasteiger partial charge is 0.341 e. The molecule has 0 aromatic carbocycles. The standard InChI is InChI=1S/C18H25NO6/c1-3-12-8-11(2)18(23,10-20)17(22)24-9-13-4-6-19-7-5-14(15(13)19)25-16(12)21/h3-4,11,14-15,20,23H,5-10H2,1-2H3/t11-,14-,15+,18-/m1/s1. The van der Waals surface area contributed by atoms with E-state index in [1.807, 2.05) is 6.08 Å². The highest BCUT2D eigenvalue weighted by molar-refractivity contribution is 5.89. The lowest BCUT2D eigenvalue weighted by atomic mass is 9.84. The molecule has 3 rings (SSSR count). The zero-order valence-electron chi connectivity index (χ0n) is 14.6. The summed E-state index contributed by atoms with van der Waals surface area (Å²) in [5.74, 6) is -1.99. The number of aliphatic hydroxyl groups excluding tert-OH is 1. The number of nitrogens with zero attached hydrogens (tertiary/aromatic N) is 1. The average Bonchev–Trinajstić information content (AvgIpc) is 3.18. The zero-order valence-corrected chi connectivity index (χ0v) is 14.6. The van der Waals surface area contributed by atoms with Crippen molar-refractivity contribution >= 4 is 11.9 Å². The van der Waals surface area contributed by atoms with Crippen LogP contribution in [0.15, 0.2) is 23.3 Å². The van der Waals surface area contributed by atoms with Crippen LogP contribution < -0.4 is 0 Å². The number of hydrogen-bond acceptors (Lipinski definition) is 7. The van der Waals surface area contributed by atoms with Gasteiger partial charge in [0.2, 0.25) is 0 Å². The lowest BCUT2D eigenvalue weighted by Crippen LogP contribution is -2.50. The minimum absolute atomic E-state index is 0.0273. The summed E-state index contributed by atoms with van der Waals surface area (Å²) in [7, 11) is 0. The second-order valence-electron chi connectivity index (χ2n) is 7.03. The molecular weight excluding hydrogens is 326 g/mol. The van der Waals surface area contributed by atoms with Crippen molar-refractivity contribution in [2.75, 3.05) is 26.3 Å². The Balaban J connectivity index is 1.93. The van der Waals surface area contributed by atoms with Gasteiger partial charge in [0.15, 0.2) is 5.60 Å². The number of carbonyl (C=O) groups excluding carboxylic acids is 2. The molecule has 0 aromatic rings. The van der Waals surface area contributed by atoms with Crippen LogP contribution in [0.1, 0.15) is 26.7 Å². The molecule has 0 aliphatic carbocycles. The van der Waals surface area contributed by atoms with Crippen molar-refractivity contribution in [3.63, 3.8) is 0 Å². The van der Waals surface area contributed by atoms with Gasteiger partial charge in [-0.05, 0) is 25.3 Å². The van der Waals surface area contributed by atoms with Gasteiger partial charge in [-0.25, -0.2) is 9.59 Å². The first kappa shape index (κ1) is 18.1. The Morgan fingerprint density at radius 2 is 2.20 bits per heavy atom. The molecule has 0 spiro atoms. The summed E-state index contributed by atoms with van der Waals surface area (Å²) < 4.78 is 11.1. The Kier molecular flexibility index (Phi) is 4.99. The van der Waals surface area contributed by atoms with Gasteiger partial charge in [-0.3, -0.25) is 4.90 Å². The van der Waals surface area contributed by atoms with Crippen LogP contribution in [0.2, 0.25) is 0 Å². The number of cyclic esters (lactones) is 1. The van der Waals surface area contributed by atoms with Crippen molar-refractivity contribution in [2.24, 2.45) is 5.92 Å². The molecule has 3 heterocycles. The SMILES string of the molecule is CC=C1C[C@@H](C)[C@](O)(CO)C(=O)OCC2=CCN3CC[C@@H](OC1=O)[C@H]23. The van der Waals surface area contributed by atoms with Crippen LogP contribution in [0.25, 0.3) is 0 Å². The first-order chi connectivity index (χ1) is 11.9. The summed E-state index contributed by atoms with van der Waals surface area (Å²) in [5.41, 5.74) is -0.796. The van der Waals surface area contributed by atoms with Crippen LogP contribution in [-0.2, 0) is 19.1 Å². The minimum atomic E-state index is -2.05. The molecule has 4 atom stereocenters. The van der Waals surface area contributed by atoms with Gasteiger partial charge >= 0.3 is 11.9 Å². The third kappa shape index (κ3) is 3.12. The van der Waals surface area contributed by atoms with Gasteiger partial charge in [-0.1, -0.05) is 19.1 Å². The molecule has 0 radical (unpaired) electrons. The molecule has 3 aliphatic rings. The van der Waals surface area contributed by atoms with E-state index in [9.17, 15) is 19.8 Å².